The van der Waals surface area contributed by atoms with E-state index < -0.39 is 6.17 Å². The molecule has 2 aliphatic rings. The average Bonchev–Trinajstić information content (AvgIpc) is 2.86. The minimum Gasteiger partial charge on any atom is -0.493 e. The number of benzene rings is 3. The first-order valence-corrected chi connectivity index (χ1v) is 11.9. The summed E-state index contributed by atoms with van der Waals surface area (Å²) < 4.78 is 11.2. The first-order valence-electron chi connectivity index (χ1n) is 10.5. The first kappa shape index (κ1) is 22.3. The number of nitrogens with one attached hydrogen (secondary N) is 1. The van der Waals surface area contributed by atoms with E-state index in [0.29, 0.717) is 49.3 Å². The topological polar surface area (TPSA) is 75.5 Å². The van der Waals surface area contributed by atoms with Crippen LogP contribution in [0.1, 0.15) is 17.3 Å². The average molecular weight is 493 g/mol. The van der Waals surface area contributed by atoms with Crippen LogP contribution in [0, 0.1) is 0 Å². The minimum atomic E-state index is -0.675. The zero-order valence-corrected chi connectivity index (χ0v) is 20.1. The number of fused-ring (bicyclic) bond motifs is 2. The fourth-order valence-corrected chi connectivity index (χ4v) is 4.99. The fraction of sp³-hybridized carbons (Fsp3) is 0.160. The van der Waals surface area contributed by atoms with E-state index in [1.807, 2.05) is 54.6 Å². The summed E-state index contributed by atoms with van der Waals surface area (Å²) in [6.07, 6.45) is -0.675. The van der Waals surface area contributed by atoms with Crippen molar-refractivity contribution in [2.24, 2.45) is 10.1 Å². The number of ether oxygens (including phenoxy) is 2. The van der Waals surface area contributed by atoms with Gasteiger partial charge in [0, 0.05) is 27.6 Å². The third kappa shape index (κ3) is 4.10. The highest BCUT2D eigenvalue weighted by atomic mass is 35.5. The maximum atomic E-state index is 13.3. The summed E-state index contributed by atoms with van der Waals surface area (Å²) in [5.41, 5.74) is 2.19. The van der Waals surface area contributed by atoms with Crippen molar-refractivity contribution in [1.82, 2.24) is 10.3 Å². The van der Waals surface area contributed by atoms with E-state index in [1.165, 1.54) is 11.8 Å². The molecule has 2 heterocycles. The SMILES string of the molecule is COc1cc(Cl)cc([C@H]2N=c3ccccc3=C3C(=O)NC(SCc4ccccc4)=NN32)c1OC. The zero-order chi connectivity index (χ0) is 23.7. The number of amides is 1. The summed E-state index contributed by atoms with van der Waals surface area (Å²) in [4.78, 5) is 18.3. The van der Waals surface area contributed by atoms with Crippen molar-refractivity contribution in [2.75, 3.05) is 14.2 Å². The Labute approximate surface area is 205 Å². The number of amidine groups is 1. The van der Waals surface area contributed by atoms with Gasteiger partial charge in [-0.05, 0) is 17.7 Å². The number of halogens is 1. The van der Waals surface area contributed by atoms with Crippen LogP contribution in [-0.2, 0) is 10.5 Å². The number of hydrogen-bond acceptors (Lipinski definition) is 7. The molecule has 172 valence electrons. The molecule has 3 aromatic carbocycles. The normalized spacial score (nSPS) is 16.6. The summed E-state index contributed by atoms with van der Waals surface area (Å²) >= 11 is 7.85. The maximum Gasteiger partial charge on any atom is 0.276 e. The second-order valence-corrected chi connectivity index (χ2v) is 8.98. The maximum absolute atomic E-state index is 13.3. The summed E-state index contributed by atoms with van der Waals surface area (Å²) in [5.74, 6) is 1.38. The van der Waals surface area contributed by atoms with Gasteiger partial charge in [-0.2, -0.15) is 0 Å². The van der Waals surface area contributed by atoms with Crippen LogP contribution in [0.5, 0.6) is 11.5 Å². The molecule has 2 aliphatic heterocycles. The number of hydrazone groups is 1. The molecular formula is C25H21ClN4O3S. The van der Waals surface area contributed by atoms with Gasteiger partial charge in [0.05, 0.1) is 19.6 Å². The van der Waals surface area contributed by atoms with Gasteiger partial charge in [-0.25, -0.2) is 5.01 Å². The number of methoxy groups -OCH3 is 2. The summed E-state index contributed by atoms with van der Waals surface area (Å²) in [5, 5.41) is 11.7. The number of para-hydroxylation sites is 1. The van der Waals surface area contributed by atoms with Crippen LogP contribution < -0.4 is 25.4 Å². The molecule has 0 fully saturated rings. The fourth-order valence-electron chi connectivity index (χ4n) is 3.97. The third-order valence-corrected chi connectivity index (χ3v) is 6.64. The van der Waals surface area contributed by atoms with Crippen LogP contribution in [0.2, 0.25) is 5.02 Å². The second-order valence-electron chi connectivity index (χ2n) is 7.58. The third-order valence-electron chi connectivity index (χ3n) is 5.48. The van der Waals surface area contributed by atoms with E-state index in [1.54, 1.807) is 31.4 Å². The molecule has 7 nitrogen and oxygen atoms in total. The molecule has 0 saturated heterocycles. The first-order chi connectivity index (χ1) is 16.6. The number of rotatable bonds is 5. The quantitative estimate of drug-likeness (QED) is 0.590. The zero-order valence-electron chi connectivity index (χ0n) is 18.5. The Morgan fingerprint density at radius 2 is 1.82 bits per heavy atom. The molecule has 0 radical (unpaired) electrons. The summed E-state index contributed by atoms with van der Waals surface area (Å²) in [6, 6.07) is 21.0. The van der Waals surface area contributed by atoms with Crippen LogP contribution in [-0.4, -0.2) is 30.3 Å². The Kier molecular flexibility index (Phi) is 6.17. The van der Waals surface area contributed by atoms with Gasteiger partial charge in [0.25, 0.3) is 5.91 Å². The molecule has 34 heavy (non-hydrogen) atoms. The molecule has 1 atom stereocenters. The lowest BCUT2D eigenvalue weighted by molar-refractivity contribution is -0.116. The molecule has 5 rings (SSSR count). The predicted octanol–water partition coefficient (Wildman–Crippen LogP) is 3.43. The van der Waals surface area contributed by atoms with Gasteiger partial charge in [-0.3, -0.25) is 15.1 Å². The van der Waals surface area contributed by atoms with Gasteiger partial charge in [-0.1, -0.05) is 71.9 Å². The van der Waals surface area contributed by atoms with Crippen LogP contribution in [0.25, 0.3) is 5.70 Å². The number of nitrogens with zero attached hydrogens (tertiary/aromatic N) is 3. The van der Waals surface area contributed by atoms with E-state index in [4.69, 9.17) is 31.2 Å². The minimum absolute atomic E-state index is 0.245. The van der Waals surface area contributed by atoms with Gasteiger partial charge < -0.3 is 9.47 Å². The summed E-state index contributed by atoms with van der Waals surface area (Å²) in [6.45, 7) is 0. The monoisotopic (exact) mass is 492 g/mol. The number of carbonyl (C=O) groups is 1. The number of carbonyl (C=O) groups excluding carboxylic acids is 1. The van der Waals surface area contributed by atoms with E-state index in [0.717, 1.165) is 5.56 Å². The molecule has 0 saturated carbocycles. The van der Waals surface area contributed by atoms with Gasteiger partial charge >= 0.3 is 0 Å². The number of thioether (sulfide) groups is 1. The molecule has 0 aliphatic carbocycles. The predicted molar refractivity (Wildman–Crippen MR) is 133 cm³/mol. The molecule has 0 unspecified atom stereocenters. The van der Waals surface area contributed by atoms with Crippen LogP contribution in [0.3, 0.4) is 0 Å². The van der Waals surface area contributed by atoms with E-state index in [9.17, 15) is 4.79 Å². The van der Waals surface area contributed by atoms with Crippen molar-refractivity contribution in [3.05, 3.63) is 93.5 Å². The highest BCUT2D eigenvalue weighted by Crippen LogP contribution is 2.42. The molecule has 0 bridgehead atoms. The summed E-state index contributed by atoms with van der Waals surface area (Å²) in [7, 11) is 3.11. The van der Waals surface area contributed by atoms with Crippen LogP contribution >= 0.6 is 23.4 Å². The van der Waals surface area contributed by atoms with Crippen molar-refractivity contribution in [3.8, 4) is 11.5 Å². The van der Waals surface area contributed by atoms with Crippen molar-refractivity contribution in [1.29, 1.82) is 0 Å². The molecule has 0 aromatic heterocycles. The highest BCUT2D eigenvalue weighted by molar-refractivity contribution is 8.13. The lowest BCUT2D eigenvalue weighted by atomic mass is 10.1. The van der Waals surface area contributed by atoms with E-state index >= 15 is 0 Å². The molecule has 9 heteroatoms. The lowest BCUT2D eigenvalue weighted by Gasteiger charge is -2.34. The Hall–Kier alpha value is -3.49. The van der Waals surface area contributed by atoms with Crippen molar-refractivity contribution < 1.29 is 14.3 Å². The Bertz CT molecular complexity index is 1410. The van der Waals surface area contributed by atoms with Crippen molar-refractivity contribution in [2.45, 2.75) is 11.9 Å². The molecule has 1 N–H and O–H groups in total. The van der Waals surface area contributed by atoms with Crippen molar-refractivity contribution >= 4 is 40.1 Å². The van der Waals surface area contributed by atoms with Gasteiger partial charge in [0.15, 0.2) is 22.8 Å². The standard InChI is InChI=1S/C25H21ClN4O3S/c1-32-20-13-16(26)12-18(22(20)33-2)23-27-19-11-7-6-10-17(19)21-24(31)28-25(29-30(21)23)34-14-15-8-4-3-5-9-15/h3-13,23H,14H2,1-2H3,(H,28,29,31)/t23-/m0/s1. The van der Waals surface area contributed by atoms with E-state index in [-0.39, 0.29) is 5.91 Å². The Morgan fingerprint density at radius 3 is 2.59 bits per heavy atom. The van der Waals surface area contributed by atoms with E-state index in [2.05, 4.69) is 5.32 Å². The molecule has 3 aromatic rings. The molecular weight excluding hydrogens is 472 g/mol. The van der Waals surface area contributed by atoms with Crippen LogP contribution in [0.4, 0.5) is 0 Å². The molecule has 0 spiro atoms. The van der Waals surface area contributed by atoms with Gasteiger partial charge in [0.2, 0.25) is 0 Å². The largest absolute Gasteiger partial charge is 0.493 e. The van der Waals surface area contributed by atoms with Gasteiger partial charge in [-0.15, -0.1) is 5.10 Å². The van der Waals surface area contributed by atoms with Gasteiger partial charge in [0.1, 0.15) is 5.70 Å². The highest BCUT2D eigenvalue weighted by Gasteiger charge is 2.36. The van der Waals surface area contributed by atoms with Crippen LogP contribution in [0.15, 0.2) is 76.8 Å². The van der Waals surface area contributed by atoms with Crippen molar-refractivity contribution in [3.63, 3.8) is 0 Å². The lowest BCUT2D eigenvalue weighted by Crippen LogP contribution is -2.50. The molecule has 1 amide bonds. The smallest absolute Gasteiger partial charge is 0.276 e. The Morgan fingerprint density at radius 1 is 1.06 bits per heavy atom. The number of hydrogen-bond donors (Lipinski definition) is 1. The Balaban J connectivity index is 1.64. The second kappa shape index (κ2) is 9.40.